The van der Waals surface area contributed by atoms with E-state index in [0.717, 1.165) is 5.69 Å². The highest BCUT2D eigenvalue weighted by molar-refractivity contribution is 5.04. The van der Waals surface area contributed by atoms with E-state index in [4.69, 9.17) is 10.2 Å². The summed E-state index contributed by atoms with van der Waals surface area (Å²) < 4.78 is 0. The molecular weight excluding hydrogens is 144 g/mol. The lowest BCUT2D eigenvalue weighted by Gasteiger charge is -2.05. The topological polar surface area (TPSA) is 66.2 Å². The second-order valence-corrected chi connectivity index (χ2v) is 2.28. The Kier molecular flexibility index (Phi) is 2.51. The van der Waals surface area contributed by atoms with Crippen molar-refractivity contribution in [3.05, 3.63) is 23.8 Å². The summed E-state index contributed by atoms with van der Waals surface area (Å²) in [5.74, 6) is 0. The quantitative estimate of drug-likeness (QED) is 0.619. The molecule has 0 aliphatic heterocycles. The van der Waals surface area contributed by atoms with Crippen LogP contribution in [0.1, 0.15) is 17.5 Å². The van der Waals surface area contributed by atoms with Crippen LogP contribution in [0.4, 0.5) is 0 Å². The Morgan fingerprint density at radius 3 is 2.82 bits per heavy atom. The predicted octanol–water partition coefficient (Wildman–Crippen LogP) is -0.189. The number of aromatic nitrogens is 2. The molecule has 0 saturated heterocycles. The Labute approximate surface area is 64.6 Å². The summed E-state index contributed by atoms with van der Waals surface area (Å²) in [4.78, 5) is 7.79. The molecule has 0 spiro atoms. The fourth-order valence-electron chi connectivity index (χ4n) is 0.737. The summed E-state index contributed by atoms with van der Waals surface area (Å²) in [6, 6.07) is 0. The van der Waals surface area contributed by atoms with Crippen LogP contribution in [-0.4, -0.2) is 26.8 Å². The zero-order chi connectivity index (χ0) is 8.27. The number of aryl methyl sites for hydroxylation is 1. The third-order valence-corrected chi connectivity index (χ3v) is 1.29. The first-order valence-corrected chi connectivity index (χ1v) is 3.31. The summed E-state index contributed by atoms with van der Waals surface area (Å²) in [6.45, 7) is 1.46. The molecule has 0 saturated carbocycles. The second kappa shape index (κ2) is 3.41. The van der Waals surface area contributed by atoms with Gasteiger partial charge in [0.2, 0.25) is 0 Å². The minimum absolute atomic E-state index is 0.321. The summed E-state index contributed by atoms with van der Waals surface area (Å²) in [7, 11) is 0. The van der Waals surface area contributed by atoms with Crippen LogP contribution < -0.4 is 0 Å². The zero-order valence-electron chi connectivity index (χ0n) is 6.23. The average molecular weight is 154 g/mol. The SMILES string of the molecule is Cc1cncc(C(O)CO)n1. The average Bonchev–Trinajstić information content (AvgIpc) is 2.03. The van der Waals surface area contributed by atoms with E-state index in [1.54, 1.807) is 13.1 Å². The summed E-state index contributed by atoms with van der Waals surface area (Å²) in [5, 5.41) is 17.7. The van der Waals surface area contributed by atoms with Crippen molar-refractivity contribution in [3.63, 3.8) is 0 Å². The molecule has 1 heterocycles. The Morgan fingerprint density at radius 1 is 1.55 bits per heavy atom. The van der Waals surface area contributed by atoms with Crippen LogP contribution in [0, 0.1) is 6.92 Å². The Hall–Kier alpha value is -1.00. The molecule has 4 heteroatoms. The first kappa shape index (κ1) is 8.10. The first-order valence-electron chi connectivity index (χ1n) is 3.31. The standard InChI is InChI=1S/C7H10N2O2/c1-5-2-8-3-6(9-5)7(11)4-10/h2-3,7,10-11H,4H2,1H3. The largest absolute Gasteiger partial charge is 0.393 e. The third kappa shape index (κ3) is 1.96. The molecule has 1 rings (SSSR count). The van der Waals surface area contributed by atoms with E-state index in [0.29, 0.717) is 5.69 Å². The molecule has 1 unspecified atom stereocenters. The smallest absolute Gasteiger partial charge is 0.120 e. The predicted molar refractivity (Wildman–Crippen MR) is 38.8 cm³/mol. The molecule has 0 aliphatic rings. The molecule has 0 radical (unpaired) electrons. The van der Waals surface area contributed by atoms with Crippen molar-refractivity contribution >= 4 is 0 Å². The molecule has 0 aliphatic carbocycles. The summed E-state index contributed by atoms with van der Waals surface area (Å²) in [6.07, 6.45) is 2.11. The summed E-state index contributed by atoms with van der Waals surface area (Å²) >= 11 is 0. The van der Waals surface area contributed by atoms with Crippen LogP contribution >= 0.6 is 0 Å². The molecule has 0 bridgehead atoms. The van der Waals surface area contributed by atoms with Crippen molar-refractivity contribution in [2.45, 2.75) is 13.0 Å². The van der Waals surface area contributed by atoms with Gasteiger partial charge in [0.25, 0.3) is 0 Å². The number of aliphatic hydroxyl groups excluding tert-OH is 2. The number of hydrogen-bond acceptors (Lipinski definition) is 4. The van der Waals surface area contributed by atoms with Gasteiger partial charge in [0.1, 0.15) is 6.10 Å². The normalized spacial score (nSPS) is 13.0. The lowest BCUT2D eigenvalue weighted by molar-refractivity contribution is 0.0918. The molecule has 4 nitrogen and oxygen atoms in total. The van der Waals surface area contributed by atoms with Gasteiger partial charge in [0, 0.05) is 6.20 Å². The number of rotatable bonds is 2. The van der Waals surface area contributed by atoms with Crippen LogP contribution in [0.25, 0.3) is 0 Å². The number of aliphatic hydroxyl groups is 2. The highest BCUT2D eigenvalue weighted by Crippen LogP contribution is 2.06. The van der Waals surface area contributed by atoms with Gasteiger partial charge in [0.05, 0.1) is 24.2 Å². The van der Waals surface area contributed by atoms with Crippen molar-refractivity contribution in [2.24, 2.45) is 0 Å². The van der Waals surface area contributed by atoms with E-state index in [1.807, 2.05) is 0 Å². The van der Waals surface area contributed by atoms with Gasteiger partial charge in [-0.2, -0.15) is 0 Å². The number of nitrogens with zero attached hydrogens (tertiary/aromatic N) is 2. The zero-order valence-corrected chi connectivity index (χ0v) is 6.23. The van der Waals surface area contributed by atoms with Gasteiger partial charge in [-0.15, -0.1) is 0 Å². The van der Waals surface area contributed by atoms with Crippen LogP contribution in [-0.2, 0) is 0 Å². The van der Waals surface area contributed by atoms with E-state index >= 15 is 0 Å². The summed E-state index contributed by atoms with van der Waals surface area (Å²) in [5.41, 5.74) is 1.14. The molecule has 0 amide bonds. The molecular formula is C7H10N2O2. The Bertz CT molecular complexity index is 240. The van der Waals surface area contributed by atoms with Gasteiger partial charge < -0.3 is 10.2 Å². The molecule has 11 heavy (non-hydrogen) atoms. The second-order valence-electron chi connectivity index (χ2n) is 2.28. The minimum Gasteiger partial charge on any atom is -0.393 e. The maximum absolute atomic E-state index is 9.10. The highest BCUT2D eigenvalue weighted by atomic mass is 16.3. The monoisotopic (exact) mass is 154 g/mol. The molecule has 1 atom stereocenters. The van der Waals surface area contributed by atoms with Crippen LogP contribution in [0.3, 0.4) is 0 Å². The Morgan fingerprint density at radius 2 is 2.27 bits per heavy atom. The van der Waals surface area contributed by atoms with Gasteiger partial charge in [-0.1, -0.05) is 0 Å². The maximum atomic E-state index is 9.10. The van der Waals surface area contributed by atoms with E-state index < -0.39 is 6.10 Å². The molecule has 0 fully saturated rings. The van der Waals surface area contributed by atoms with Gasteiger partial charge in [-0.05, 0) is 6.92 Å². The van der Waals surface area contributed by atoms with Crippen LogP contribution in [0.2, 0.25) is 0 Å². The molecule has 1 aromatic rings. The first-order chi connectivity index (χ1) is 5.24. The van der Waals surface area contributed by atoms with Gasteiger partial charge in [-0.3, -0.25) is 9.97 Å². The lowest BCUT2D eigenvalue weighted by atomic mass is 10.3. The van der Waals surface area contributed by atoms with Gasteiger partial charge in [0.15, 0.2) is 0 Å². The molecule has 60 valence electrons. The van der Waals surface area contributed by atoms with Crippen LogP contribution in [0.5, 0.6) is 0 Å². The number of hydrogen-bond donors (Lipinski definition) is 2. The van der Waals surface area contributed by atoms with Crippen molar-refractivity contribution in [1.82, 2.24) is 9.97 Å². The van der Waals surface area contributed by atoms with E-state index in [2.05, 4.69) is 9.97 Å². The van der Waals surface area contributed by atoms with Crippen molar-refractivity contribution in [3.8, 4) is 0 Å². The van der Waals surface area contributed by atoms with E-state index in [-0.39, 0.29) is 6.61 Å². The molecule has 1 aromatic heterocycles. The third-order valence-electron chi connectivity index (χ3n) is 1.29. The van der Waals surface area contributed by atoms with Gasteiger partial charge >= 0.3 is 0 Å². The fourth-order valence-corrected chi connectivity index (χ4v) is 0.737. The molecule has 0 aromatic carbocycles. The van der Waals surface area contributed by atoms with Crippen molar-refractivity contribution in [2.75, 3.05) is 6.61 Å². The lowest BCUT2D eigenvalue weighted by Crippen LogP contribution is -2.06. The van der Waals surface area contributed by atoms with Crippen molar-refractivity contribution < 1.29 is 10.2 Å². The fraction of sp³-hybridized carbons (Fsp3) is 0.429. The van der Waals surface area contributed by atoms with Crippen LogP contribution in [0.15, 0.2) is 12.4 Å². The maximum Gasteiger partial charge on any atom is 0.120 e. The van der Waals surface area contributed by atoms with E-state index in [9.17, 15) is 0 Å². The highest BCUT2D eigenvalue weighted by Gasteiger charge is 2.06. The van der Waals surface area contributed by atoms with Gasteiger partial charge in [-0.25, -0.2) is 0 Å². The Balaban J connectivity index is 2.86. The van der Waals surface area contributed by atoms with E-state index in [1.165, 1.54) is 6.20 Å². The molecule has 2 N–H and O–H groups in total. The van der Waals surface area contributed by atoms with Crippen molar-refractivity contribution in [1.29, 1.82) is 0 Å². The minimum atomic E-state index is -0.914.